The number of hydrogen-bond acceptors (Lipinski definition) is 3. The SMILES string of the molecule is CCOc1cccc(CN2CCC(C(=O)O)C2C)c1. The van der Waals surface area contributed by atoms with Crippen molar-refractivity contribution < 1.29 is 14.6 Å². The van der Waals surface area contributed by atoms with E-state index in [-0.39, 0.29) is 12.0 Å². The fourth-order valence-corrected chi connectivity index (χ4v) is 2.69. The van der Waals surface area contributed by atoms with E-state index in [1.165, 1.54) is 5.56 Å². The molecule has 1 aliphatic heterocycles. The van der Waals surface area contributed by atoms with Gasteiger partial charge in [-0.2, -0.15) is 0 Å². The summed E-state index contributed by atoms with van der Waals surface area (Å²) in [5.41, 5.74) is 1.17. The molecule has 4 nitrogen and oxygen atoms in total. The molecular formula is C15H21NO3. The highest BCUT2D eigenvalue weighted by Crippen LogP contribution is 2.26. The lowest BCUT2D eigenvalue weighted by Crippen LogP contribution is -2.32. The van der Waals surface area contributed by atoms with E-state index in [9.17, 15) is 4.79 Å². The lowest BCUT2D eigenvalue weighted by Gasteiger charge is -2.23. The fraction of sp³-hybridized carbons (Fsp3) is 0.533. The number of carboxylic acid groups (broad SMARTS) is 1. The summed E-state index contributed by atoms with van der Waals surface area (Å²) in [6.07, 6.45) is 0.738. The molecule has 1 saturated heterocycles. The third kappa shape index (κ3) is 3.26. The molecule has 1 heterocycles. The summed E-state index contributed by atoms with van der Waals surface area (Å²) in [5.74, 6) is -0.0465. The lowest BCUT2D eigenvalue weighted by molar-refractivity contribution is -0.142. The van der Waals surface area contributed by atoms with Crippen LogP contribution in [0.25, 0.3) is 0 Å². The van der Waals surface area contributed by atoms with Crippen LogP contribution in [0.4, 0.5) is 0 Å². The topological polar surface area (TPSA) is 49.8 Å². The van der Waals surface area contributed by atoms with Gasteiger partial charge in [0.2, 0.25) is 0 Å². The number of likely N-dealkylation sites (tertiary alicyclic amines) is 1. The molecule has 0 bridgehead atoms. The maximum atomic E-state index is 11.1. The molecule has 19 heavy (non-hydrogen) atoms. The Hall–Kier alpha value is -1.55. The molecule has 0 radical (unpaired) electrons. The third-order valence-corrected chi connectivity index (χ3v) is 3.80. The van der Waals surface area contributed by atoms with E-state index in [4.69, 9.17) is 9.84 Å². The zero-order chi connectivity index (χ0) is 13.8. The van der Waals surface area contributed by atoms with Crippen LogP contribution < -0.4 is 4.74 Å². The molecule has 0 saturated carbocycles. The summed E-state index contributed by atoms with van der Waals surface area (Å²) in [7, 11) is 0. The predicted molar refractivity (Wildman–Crippen MR) is 73.2 cm³/mol. The molecule has 1 aromatic carbocycles. The van der Waals surface area contributed by atoms with Crippen molar-refractivity contribution in [1.82, 2.24) is 4.90 Å². The highest BCUT2D eigenvalue weighted by atomic mass is 16.5. The molecule has 2 atom stereocenters. The Balaban J connectivity index is 2.01. The van der Waals surface area contributed by atoms with Gasteiger partial charge in [-0.05, 0) is 44.5 Å². The maximum Gasteiger partial charge on any atom is 0.308 e. The first-order valence-corrected chi connectivity index (χ1v) is 6.80. The Labute approximate surface area is 114 Å². The van der Waals surface area contributed by atoms with Gasteiger partial charge in [0.1, 0.15) is 5.75 Å². The Bertz CT molecular complexity index is 447. The van der Waals surface area contributed by atoms with E-state index in [0.29, 0.717) is 6.61 Å². The van der Waals surface area contributed by atoms with Gasteiger partial charge >= 0.3 is 5.97 Å². The van der Waals surface area contributed by atoms with Gasteiger partial charge in [0.15, 0.2) is 0 Å². The minimum Gasteiger partial charge on any atom is -0.494 e. The number of aliphatic carboxylic acids is 1. The van der Waals surface area contributed by atoms with Crippen molar-refractivity contribution in [2.24, 2.45) is 5.92 Å². The lowest BCUT2D eigenvalue weighted by atomic mass is 10.0. The first kappa shape index (κ1) is 13.9. The van der Waals surface area contributed by atoms with Crippen molar-refractivity contribution in [2.75, 3.05) is 13.2 Å². The van der Waals surface area contributed by atoms with Gasteiger partial charge in [0, 0.05) is 12.6 Å². The Morgan fingerprint density at radius 1 is 1.53 bits per heavy atom. The van der Waals surface area contributed by atoms with E-state index >= 15 is 0 Å². The zero-order valence-electron chi connectivity index (χ0n) is 11.5. The first-order valence-electron chi connectivity index (χ1n) is 6.80. The maximum absolute atomic E-state index is 11.1. The van der Waals surface area contributed by atoms with Gasteiger partial charge < -0.3 is 9.84 Å². The van der Waals surface area contributed by atoms with Crippen LogP contribution in [0.5, 0.6) is 5.75 Å². The second kappa shape index (κ2) is 6.06. The zero-order valence-corrected chi connectivity index (χ0v) is 11.5. The molecule has 0 spiro atoms. The van der Waals surface area contributed by atoms with Gasteiger partial charge in [-0.3, -0.25) is 9.69 Å². The quantitative estimate of drug-likeness (QED) is 0.886. The fourth-order valence-electron chi connectivity index (χ4n) is 2.69. The number of nitrogens with zero attached hydrogens (tertiary/aromatic N) is 1. The monoisotopic (exact) mass is 263 g/mol. The summed E-state index contributed by atoms with van der Waals surface area (Å²) in [5, 5.41) is 9.13. The van der Waals surface area contributed by atoms with E-state index < -0.39 is 5.97 Å². The van der Waals surface area contributed by atoms with Gasteiger partial charge in [-0.15, -0.1) is 0 Å². The number of carboxylic acids is 1. The highest BCUT2D eigenvalue weighted by molar-refractivity contribution is 5.71. The minimum atomic E-state index is -0.682. The van der Waals surface area contributed by atoms with Crippen molar-refractivity contribution >= 4 is 5.97 Å². The molecule has 1 aliphatic rings. The molecular weight excluding hydrogens is 242 g/mol. The van der Waals surface area contributed by atoms with Gasteiger partial charge in [0.25, 0.3) is 0 Å². The van der Waals surface area contributed by atoms with Crippen LogP contribution in [-0.4, -0.2) is 35.2 Å². The average molecular weight is 263 g/mol. The van der Waals surface area contributed by atoms with Crippen LogP contribution in [0.3, 0.4) is 0 Å². The molecule has 1 aromatic rings. The molecule has 104 valence electrons. The van der Waals surface area contributed by atoms with Crippen LogP contribution in [-0.2, 0) is 11.3 Å². The first-order chi connectivity index (χ1) is 9.11. The van der Waals surface area contributed by atoms with E-state index in [1.54, 1.807) is 0 Å². The van der Waals surface area contributed by atoms with E-state index in [2.05, 4.69) is 11.0 Å². The second-order valence-corrected chi connectivity index (χ2v) is 5.02. The molecule has 2 rings (SSSR count). The van der Waals surface area contributed by atoms with Crippen LogP contribution in [0.1, 0.15) is 25.8 Å². The number of hydrogen-bond donors (Lipinski definition) is 1. The molecule has 0 amide bonds. The molecule has 0 aliphatic carbocycles. The number of rotatable bonds is 5. The summed E-state index contributed by atoms with van der Waals surface area (Å²) in [4.78, 5) is 13.3. The van der Waals surface area contributed by atoms with Gasteiger partial charge in [-0.25, -0.2) is 0 Å². The molecule has 2 unspecified atom stereocenters. The van der Waals surface area contributed by atoms with Crippen molar-refractivity contribution in [3.8, 4) is 5.75 Å². The van der Waals surface area contributed by atoms with Gasteiger partial charge in [0.05, 0.1) is 12.5 Å². The van der Waals surface area contributed by atoms with Crippen LogP contribution in [0, 0.1) is 5.92 Å². The third-order valence-electron chi connectivity index (χ3n) is 3.80. The van der Waals surface area contributed by atoms with Crippen molar-refractivity contribution in [1.29, 1.82) is 0 Å². The van der Waals surface area contributed by atoms with Crippen molar-refractivity contribution in [3.05, 3.63) is 29.8 Å². The van der Waals surface area contributed by atoms with Crippen LogP contribution >= 0.6 is 0 Å². The summed E-state index contributed by atoms with van der Waals surface area (Å²) < 4.78 is 5.48. The second-order valence-electron chi connectivity index (χ2n) is 5.02. The molecule has 4 heteroatoms. The highest BCUT2D eigenvalue weighted by Gasteiger charge is 2.35. The van der Waals surface area contributed by atoms with Crippen LogP contribution in [0.15, 0.2) is 24.3 Å². The smallest absolute Gasteiger partial charge is 0.308 e. The molecule has 1 fully saturated rings. The van der Waals surface area contributed by atoms with Crippen molar-refractivity contribution in [2.45, 2.75) is 32.9 Å². The number of benzene rings is 1. The minimum absolute atomic E-state index is 0.0910. The van der Waals surface area contributed by atoms with Crippen molar-refractivity contribution in [3.63, 3.8) is 0 Å². The van der Waals surface area contributed by atoms with Gasteiger partial charge in [-0.1, -0.05) is 12.1 Å². The van der Waals surface area contributed by atoms with E-state index in [1.807, 2.05) is 32.0 Å². The Kier molecular flexibility index (Phi) is 4.43. The molecule has 0 aromatic heterocycles. The molecule has 1 N–H and O–H groups in total. The number of carbonyl (C=O) groups is 1. The standard InChI is InChI=1S/C15H21NO3/c1-3-19-13-6-4-5-12(9-13)10-16-8-7-14(11(16)2)15(17)18/h4-6,9,11,14H,3,7-8,10H2,1-2H3,(H,17,18). The predicted octanol–water partition coefficient (Wildman–Crippen LogP) is 2.38. The summed E-state index contributed by atoms with van der Waals surface area (Å²) in [6.45, 7) is 6.25. The normalized spacial score (nSPS) is 23.5. The summed E-state index contributed by atoms with van der Waals surface area (Å²) >= 11 is 0. The Morgan fingerprint density at radius 3 is 2.95 bits per heavy atom. The Morgan fingerprint density at radius 2 is 2.32 bits per heavy atom. The average Bonchev–Trinajstić information content (AvgIpc) is 2.72. The largest absolute Gasteiger partial charge is 0.494 e. The van der Waals surface area contributed by atoms with E-state index in [0.717, 1.165) is 25.3 Å². The summed E-state index contributed by atoms with van der Waals surface area (Å²) in [6, 6.07) is 8.11. The number of ether oxygens (including phenoxy) is 1. The van der Waals surface area contributed by atoms with Crippen LogP contribution in [0.2, 0.25) is 0 Å².